The number of nitrogens with one attached hydrogen (secondary N) is 1. The van der Waals surface area contributed by atoms with E-state index in [4.69, 9.17) is 0 Å². The number of aromatic nitrogens is 3. The molecule has 5 nitrogen and oxygen atoms in total. The molecule has 31 heavy (non-hydrogen) atoms. The molecule has 2 aromatic carbocycles. The van der Waals surface area contributed by atoms with Crippen LogP contribution in [0.25, 0.3) is 0 Å². The molecule has 1 N–H and O–H groups in total. The van der Waals surface area contributed by atoms with E-state index in [1.807, 2.05) is 55.9 Å². The van der Waals surface area contributed by atoms with Gasteiger partial charge < -0.3 is 14.5 Å². The number of hydrogen-bond acceptors (Lipinski definition) is 2. The standard InChI is InChI=1S/C25H25FN4O/c1-17-15-22(18(2)30(17)16-19-7-5-4-6-8-19)25(31)28-23(24-27-13-14-29(24)3)20-9-11-21(26)12-10-20/h4-15,23H,16H2,1-3H3,(H,28,31). The summed E-state index contributed by atoms with van der Waals surface area (Å²) in [5, 5.41) is 3.10. The molecule has 0 saturated carbocycles. The molecular weight excluding hydrogens is 391 g/mol. The average Bonchev–Trinajstić information content (AvgIpc) is 3.31. The van der Waals surface area contributed by atoms with Crippen LogP contribution in [0.1, 0.15) is 44.7 Å². The quantitative estimate of drug-likeness (QED) is 0.502. The summed E-state index contributed by atoms with van der Waals surface area (Å²) in [4.78, 5) is 17.7. The van der Waals surface area contributed by atoms with Crippen LogP contribution in [-0.2, 0) is 13.6 Å². The molecule has 0 spiro atoms. The van der Waals surface area contributed by atoms with E-state index in [9.17, 15) is 9.18 Å². The van der Waals surface area contributed by atoms with Gasteiger partial charge in [-0.15, -0.1) is 0 Å². The highest BCUT2D eigenvalue weighted by Gasteiger charge is 2.24. The molecule has 0 aliphatic heterocycles. The Morgan fingerprint density at radius 1 is 1.10 bits per heavy atom. The lowest BCUT2D eigenvalue weighted by Gasteiger charge is -2.19. The van der Waals surface area contributed by atoms with E-state index in [1.165, 1.54) is 17.7 Å². The largest absolute Gasteiger partial charge is 0.344 e. The van der Waals surface area contributed by atoms with Crippen LogP contribution in [-0.4, -0.2) is 20.0 Å². The molecule has 1 atom stereocenters. The summed E-state index contributed by atoms with van der Waals surface area (Å²) >= 11 is 0. The summed E-state index contributed by atoms with van der Waals surface area (Å²) in [6.45, 7) is 4.66. The number of amides is 1. The molecule has 0 fully saturated rings. The second kappa shape index (κ2) is 8.60. The van der Waals surface area contributed by atoms with Gasteiger partial charge in [-0.05, 0) is 43.2 Å². The van der Waals surface area contributed by atoms with Gasteiger partial charge in [0.1, 0.15) is 17.7 Å². The van der Waals surface area contributed by atoms with Gasteiger partial charge in [0.2, 0.25) is 0 Å². The second-order valence-corrected chi connectivity index (χ2v) is 7.71. The number of nitrogens with zero attached hydrogens (tertiary/aromatic N) is 3. The molecule has 0 saturated heterocycles. The fraction of sp³-hybridized carbons (Fsp3) is 0.200. The van der Waals surface area contributed by atoms with Crippen LogP contribution in [0.5, 0.6) is 0 Å². The molecule has 0 radical (unpaired) electrons. The molecule has 2 aromatic heterocycles. The Morgan fingerprint density at radius 2 is 1.81 bits per heavy atom. The number of rotatable bonds is 6. The lowest BCUT2D eigenvalue weighted by Crippen LogP contribution is -2.31. The zero-order valence-electron chi connectivity index (χ0n) is 17.8. The van der Waals surface area contributed by atoms with Crippen molar-refractivity contribution in [3.8, 4) is 0 Å². The summed E-state index contributed by atoms with van der Waals surface area (Å²) in [5.74, 6) is 0.168. The Kier molecular flexibility index (Phi) is 5.71. The van der Waals surface area contributed by atoms with Gasteiger partial charge in [-0.2, -0.15) is 0 Å². The monoisotopic (exact) mass is 416 g/mol. The van der Waals surface area contributed by atoms with Crippen molar-refractivity contribution >= 4 is 5.91 Å². The average molecular weight is 417 g/mol. The van der Waals surface area contributed by atoms with Crippen LogP contribution in [0.15, 0.2) is 73.1 Å². The molecule has 2 heterocycles. The number of halogens is 1. The third-order valence-corrected chi connectivity index (χ3v) is 5.60. The predicted molar refractivity (Wildman–Crippen MR) is 118 cm³/mol. The van der Waals surface area contributed by atoms with Crippen molar-refractivity contribution in [1.29, 1.82) is 0 Å². The highest BCUT2D eigenvalue weighted by Crippen LogP contribution is 2.23. The maximum Gasteiger partial charge on any atom is 0.253 e. The summed E-state index contributed by atoms with van der Waals surface area (Å²) < 4.78 is 17.5. The third-order valence-electron chi connectivity index (χ3n) is 5.60. The van der Waals surface area contributed by atoms with Gasteiger partial charge >= 0.3 is 0 Å². The third kappa shape index (κ3) is 4.28. The smallest absolute Gasteiger partial charge is 0.253 e. The summed E-state index contributed by atoms with van der Waals surface area (Å²) in [5.41, 5.74) is 4.48. The van der Waals surface area contributed by atoms with E-state index in [0.717, 1.165) is 17.0 Å². The zero-order chi connectivity index (χ0) is 22.0. The van der Waals surface area contributed by atoms with Crippen molar-refractivity contribution in [3.63, 3.8) is 0 Å². The first-order valence-corrected chi connectivity index (χ1v) is 10.2. The Balaban J connectivity index is 1.64. The zero-order valence-corrected chi connectivity index (χ0v) is 17.8. The minimum Gasteiger partial charge on any atom is -0.344 e. The van der Waals surface area contributed by atoms with Crippen molar-refractivity contribution in [2.24, 2.45) is 7.05 Å². The Hall–Kier alpha value is -3.67. The van der Waals surface area contributed by atoms with E-state index >= 15 is 0 Å². The molecule has 1 amide bonds. The fourth-order valence-electron chi connectivity index (χ4n) is 3.86. The first kappa shape index (κ1) is 20.6. The normalized spacial score (nSPS) is 12.0. The van der Waals surface area contributed by atoms with Crippen molar-refractivity contribution < 1.29 is 9.18 Å². The molecular formula is C25H25FN4O. The molecule has 1 unspecified atom stereocenters. The fourth-order valence-corrected chi connectivity index (χ4v) is 3.86. The van der Waals surface area contributed by atoms with E-state index in [2.05, 4.69) is 27.0 Å². The van der Waals surface area contributed by atoms with E-state index in [0.29, 0.717) is 17.9 Å². The van der Waals surface area contributed by atoms with Crippen molar-refractivity contribution in [2.75, 3.05) is 0 Å². The van der Waals surface area contributed by atoms with Gasteiger partial charge in [0.25, 0.3) is 5.91 Å². The topological polar surface area (TPSA) is 51.9 Å². The maximum absolute atomic E-state index is 13.5. The number of aryl methyl sites for hydroxylation is 2. The minimum absolute atomic E-state index is 0.190. The molecule has 0 aliphatic carbocycles. The number of carbonyl (C=O) groups excluding carboxylic acids is 1. The van der Waals surface area contributed by atoms with Gasteiger partial charge in [-0.25, -0.2) is 9.37 Å². The van der Waals surface area contributed by atoms with Crippen LogP contribution in [0, 0.1) is 19.7 Å². The highest BCUT2D eigenvalue weighted by atomic mass is 19.1. The molecule has 4 rings (SSSR count). The molecule has 158 valence electrons. The number of imidazole rings is 1. The van der Waals surface area contributed by atoms with Gasteiger partial charge in [-0.3, -0.25) is 4.79 Å². The number of benzene rings is 2. The van der Waals surface area contributed by atoms with Crippen LogP contribution < -0.4 is 5.32 Å². The lowest BCUT2D eigenvalue weighted by atomic mass is 10.1. The summed E-state index contributed by atoms with van der Waals surface area (Å²) in [6, 6.07) is 17.7. The first-order chi connectivity index (χ1) is 14.9. The summed E-state index contributed by atoms with van der Waals surface area (Å²) in [7, 11) is 1.87. The molecule has 0 aliphatic rings. The van der Waals surface area contributed by atoms with Crippen LogP contribution in [0.3, 0.4) is 0 Å². The van der Waals surface area contributed by atoms with Crippen molar-refractivity contribution in [1.82, 2.24) is 19.4 Å². The first-order valence-electron chi connectivity index (χ1n) is 10.2. The molecule has 0 bridgehead atoms. The van der Waals surface area contributed by atoms with E-state index in [1.54, 1.807) is 18.3 Å². The van der Waals surface area contributed by atoms with Gasteiger partial charge in [-0.1, -0.05) is 42.5 Å². The van der Waals surface area contributed by atoms with Crippen LogP contribution in [0.2, 0.25) is 0 Å². The van der Waals surface area contributed by atoms with Gasteiger partial charge in [0.15, 0.2) is 0 Å². The predicted octanol–water partition coefficient (Wildman–Crippen LogP) is 4.55. The van der Waals surface area contributed by atoms with Crippen molar-refractivity contribution in [3.05, 3.63) is 113 Å². The Labute approximate surface area is 181 Å². The Bertz CT molecular complexity index is 1190. The maximum atomic E-state index is 13.5. The van der Waals surface area contributed by atoms with Gasteiger partial charge in [0.05, 0.1) is 5.56 Å². The molecule has 6 heteroatoms. The van der Waals surface area contributed by atoms with Crippen molar-refractivity contribution in [2.45, 2.75) is 26.4 Å². The minimum atomic E-state index is -0.495. The summed E-state index contributed by atoms with van der Waals surface area (Å²) in [6.07, 6.45) is 3.51. The SMILES string of the molecule is Cc1cc(C(=O)NC(c2ccc(F)cc2)c2nccn2C)c(C)n1Cc1ccccc1. The second-order valence-electron chi connectivity index (χ2n) is 7.71. The van der Waals surface area contributed by atoms with Crippen LogP contribution >= 0.6 is 0 Å². The highest BCUT2D eigenvalue weighted by molar-refractivity contribution is 5.96. The molecule has 4 aromatic rings. The number of carbonyl (C=O) groups is 1. The van der Waals surface area contributed by atoms with Crippen LogP contribution in [0.4, 0.5) is 4.39 Å². The van der Waals surface area contributed by atoms with Gasteiger partial charge in [0, 0.05) is 37.4 Å². The van der Waals surface area contributed by atoms with E-state index < -0.39 is 6.04 Å². The number of hydrogen-bond donors (Lipinski definition) is 1. The van der Waals surface area contributed by atoms with E-state index in [-0.39, 0.29) is 11.7 Å². The lowest BCUT2D eigenvalue weighted by molar-refractivity contribution is 0.0940. The Morgan fingerprint density at radius 3 is 2.45 bits per heavy atom.